The lowest BCUT2D eigenvalue weighted by Gasteiger charge is -2.29. The maximum absolute atomic E-state index is 6.37. The molecule has 168 valence electrons. The van der Waals surface area contributed by atoms with Crippen molar-refractivity contribution in [2.45, 2.75) is 19.9 Å². The summed E-state index contributed by atoms with van der Waals surface area (Å²) in [6.45, 7) is 7.07. The Morgan fingerprint density at radius 3 is 2.72 bits per heavy atom. The molecule has 0 spiro atoms. The van der Waals surface area contributed by atoms with E-state index >= 15 is 0 Å². The van der Waals surface area contributed by atoms with Gasteiger partial charge in [0.2, 0.25) is 5.95 Å². The molecule has 0 bridgehead atoms. The molecule has 1 saturated heterocycles. The van der Waals surface area contributed by atoms with Crippen LogP contribution in [0.25, 0.3) is 11.3 Å². The molecule has 10 heteroatoms. The molecule has 2 aromatic heterocycles. The number of benzene rings is 1. The van der Waals surface area contributed by atoms with Crippen molar-refractivity contribution in [2.75, 3.05) is 38.7 Å². The normalized spacial score (nSPS) is 14.0. The summed E-state index contributed by atoms with van der Waals surface area (Å²) >= 11 is 12.0. The van der Waals surface area contributed by atoms with E-state index < -0.39 is 0 Å². The first-order valence-electron chi connectivity index (χ1n) is 10.4. The van der Waals surface area contributed by atoms with E-state index in [1.165, 1.54) is 0 Å². The SMILES string of the molecule is COc1cc(C(=S)N2CCOCC2)ccc1Nc1ncc(Cl)c(-c2cnn(C(C)C)c2)n1. The van der Waals surface area contributed by atoms with E-state index in [1.54, 1.807) is 19.5 Å². The summed E-state index contributed by atoms with van der Waals surface area (Å²) in [5.74, 6) is 1.05. The molecule has 1 N–H and O–H groups in total. The molecule has 1 aliphatic heterocycles. The van der Waals surface area contributed by atoms with E-state index in [1.807, 2.05) is 29.1 Å². The third kappa shape index (κ3) is 4.85. The Kier molecular flexibility index (Phi) is 6.88. The van der Waals surface area contributed by atoms with Gasteiger partial charge < -0.3 is 19.7 Å². The van der Waals surface area contributed by atoms with Crippen LogP contribution in [-0.4, -0.2) is 63.0 Å². The highest BCUT2D eigenvalue weighted by Crippen LogP contribution is 2.31. The first-order valence-corrected chi connectivity index (χ1v) is 11.1. The van der Waals surface area contributed by atoms with Crippen molar-refractivity contribution in [3.05, 3.63) is 47.4 Å². The van der Waals surface area contributed by atoms with Crippen LogP contribution in [0.4, 0.5) is 11.6 Å². The molecule has 0 atom stereocenters. The standard InChI is InChI=1S/C22H25ClN6O2S/c1-14(2)29-13-16(11-25-29)20-17(23)12-24-22(27-20)26-18-5-4-15(10-19(18)30-3)21(32)28-6-8-31-9-7-28/h4-5,10-14H,6-9H2,1-3H3,(H,24,26,27). The Morgan fingerprint density at radius 2 is 2.03 bits per heavy atom. The highest BCUT2D eigenvalue weighted by Gasteiger charge is 2.17. The summed E-state index contributed by atoms with van der Waals surface area (Å²) in [6, 6.07) is 6.04. The molecule has 1 aliphatic rings. The van der Waals surface area contributed by atoms with Gasteiger partial charge in [0, 0.05) is 36.5 Å². The minimum Gasteiger partial charge on any atom is -0.495 e. The second kappa shape index (κ2) is 9.81. The third-order valence-electron chi connectivity index (χ3n) is 5.14. The molecule has 32 heavy (non-hydrogen) atoms. The number of hydrogen-bond donors (Lipinski definition) is 1. The van der Waals surface area contributed by atoms with E-state index in [0.717, 1.165) is 34.9 Å². The van der Waals surface area contributed by atoms with Crippen LogP contribution in [0, 0.1) is 0 Å². The fraction of sp³-hybridized carbons (Fsp3) is 0.364. The third-order valence-corrected chi connectivity index (χ3v) is 5.91. The molecule has 8 nitrogen and oxygen atoms in total. The topological polar surface area (TPSA) is 77.3 Å². The van der Waals surface area contributed by atoms with Crippen LogP contribution in [0.15, 0.2) is 36.8 Å². The van der Waals surface area contributed by atoms with Crippen molar-refractivity contribution in [2.24, 2.45) is 0 Å². The predicted molar refractivity (Wildman–Crippen MR) is 129 cm³/mol. The molecule has 1 aromatic carbocycles. The highest BCUT2D eigenvalue weighted by atomic mass is 35.5. The molecule has 0 radical (unpaired) electrons. The van der Waals surface area contributed by atoms with Gasteiger partial charge in [-0.2, -0.15) is 5.10 Å². The molecule has 4 rings (SSSR count). The first kappa shape index (κ1) is 22.4. The number of hydrogen-bond acceptors (Lipinski definition) is 7. The summed E-state index contributed by atoms with van der Waals surface area (Å²) in [7, 11) is 1.62. The maximum atomic E-state index is 6.37. The smallest absolute Gasteiger partial charge is 0.227 e. The summed E-state index contributed by atoms with van der Waals surface area (Å²) in [5, 5.41) is 8.05. The number of ether oxygens (including phenoxy) is 2. The lowest BCUT2D eigenvalue weighted by Crippen LogP contribution is -2.40. The number of halogens is 1. The van der Waals surface area contributed by atoms with Gasteiger partial charge >= 0.3 is 0 Å². The van der Waals surface area contributed by atoms with Crippen LogP contribution in [-0.2, 0) is 4.74 Å². The lowest BCUT2D eigenvalue weighted by molar-refractivity contribution is 0.0693. The van der Waals surface area contributed by atoms with Crippen molar-refractivity contribution >= 4 is 40.4 Å². The second-order valence-corrected chi connectivity index (χ2v) is 8.43. The van der Waals surface area contributed by atoms with Crippen LogP contribution in [0.2, 0.25) is 5.02 Å². The van der Waals surface area contributed by atoms with Crippen molar-refractivity contribution in [1.82, 2.24) is 24.6 Å². The van der Waals surface area contributed by atoms with E-state index in [0.29, 0.717) is 35.6 Å². The zero-order chi connectivity index (χ0) is 22.7. The zero-order valence-electron chi connectivity index (χ0n) is 18.2. The second-order valence-electron chi connectivity index (χ2n) is 7.64. The minimum absolute atomic E-state index is 0.244. The van der Waals surface area contributed by atoms with Gasteiger partial charge in [0.25, 0.3) is 0 Å². The largest absolute Gasteiger partial charge is 0.495 e. The number of thiocarbonyl (C=S) groups is 1. The van der Waals surface area contributed by atoms with Gasteiger partial charge in [-0.3, -0.25) is 4.68 Å². The van der Waals surface area contributed by atoms with Gasteiger partial charge in [0.15, 0.2) is 0 Å². The van der Waals surface area contributed by atoms with Crippen molar-refractivity contribution in [1.29, 1.82) is 0 Å². The number of morpholine rings is 1. The summed E-state index contributed by atoms with van der Waals surface area (Å²) in [6.07, 6.45) is 5.25. The molecule has 0 aliphatic carbocycles. The molecule has 0 saturated carbocycles. The van der Waals surface area contributed by atoms with Crippen LogP contribution in [0.1, 0.15) is 25.5 Å². The van der Waals surface area contributed by atoms with E-state index in [9.17, 15) is 0 Å². The Bertz CT molecular complexity index is 1110. The molecular weight excluding hydrogens is 448 g/mol. The Balaban J connectivity index is 1.57. The molecule has 3 heterocycles. The van der Waals surface area contributed by atoms with Gasteiger partial charge in [-0.15, -0.1) is 0 Å². The highest BCUT2D eigenvalue weighted by molar-refractivity contribution is 7.80. The molecule has 1 fully saturated rings. The fourth-order valence-electron chi connectivity index (χ4n) is 3.37. The summed E-state index contributed by atoms with van der Waals surface area (Å²) in [5.41, 5.74) is 3.09. The van der Waals surface area contributed by atoms with Crippen LogP contribution in [0.3, 0.4) is 0 Å². The first-order chi connectivity index (χ1) is 15.5. The van der Waals surface area contributed by atoms with Crippen LogP contribution < -0.4 is 10.1 Å². The number of anilines is 2. The van der Waals surface area contributed by atoms with E-state index in [2.05, 4.69) is 39.1 Å². The average molecular weight is 473 g/mol. The monoisotopic (exact) mass is 472 g/mol. The number of rotatable bonds is 6. The van der Waals surface area contributed by atoms with Crippen molar-refractivity contribution in [3.8, 4) is 17.0 Å². The molecule has 0 amide bonds. The Hall–Kier alpha value is -2.75. The quantitative estimate of drug-likeness (QED) is 0.531. The van der Waals surface area contributed by atoms with Crippen LogP contribution in [0.5, 0.6) is 5.75 Å². The summed E-state index contributed by atoms with van der Waals surface area (Å²) < 4.78 is 12.9. The predicted octanol–water partition coefficient (Wildman–Crippen LogP) is 4.33. The average Bonchev–Trinajstić information content (AvgIpc) is 3.31. The fourth-order valence-corrected chi connectivity index (χ4v) is 3.88. The molecule has 3 aromatic rings. The zero-order valence-corrected chi connectivity index (χ0v) is 19.8. The number of methoxy groups -OCH3 is 1. The number of aromatic nitrogens is 4. The van der Waals surface area contributed by atoms with Gasteiger partial charge in [-0.05, 0) is 32.0 Å². The van der Waals surface area contributed by atoms with Gasteiger partial charge in [0.05, 0.1) is 49.1 Å². The number of nitrogens with one attached hydrogen (secondary N) is 1. The van der Waals surface area contributed by atoms with Gasteiger partial charge in [0.1, 0.15) is 10.7 Å². The van der Waals surface area contributed by atoms with Crippen molar-refractivity contribution in [3.63, 3.8) is 0 Å². The Morgan fingerprint density at radius 1 is 1.25 bits per heavy atom. The van der Waals surface area contributed by atoms with Crippen LogP contribution >= 0.6 is 23.8 Å². The maximum Gasteiger partial charge on any atom is 0.227 e. The summed E-state index contributed by atoms with van der Waals surface area (Å²) in [4.78, 5) is 11.9. The molecular formula is C22H25ClN6O2S. The van der Waals surface area contributed by atoms with E-state index in [4.69, 9.17) is 33.3 Å². The van der Waals surface area contributed by atoms with Crippen molar-refractivity contribution < 1.29 is 9.47 Å². The number of nitrogens with zero attached hydrogens (tertiary/aromatic N) is 5. The molecule has 0 unspecified atom stereocenters. The Labute approximate surface area is 197 Å². The minimum atomic E-state index is 0.244. The van der Waals surface area contributed by atoms with E-state index in [-0.39, 0.29) is 6.04 Å². The van der Waals surface area contributed by atoms with Gasteiger partial charge in [-0.25, -0.2) is 9.97 Å². The van der Waals surface area contributed by atoms with Gasteiger partial charge in [-0.1, -0.05) is 23.8 Å². The lowest BCUT2D eigenvalue weighted by atomic mass is 10.1.